The molecule has 1 N–H and O–H groups in total. The second kappa shape index (κ2) is 8.76. The molecule has 7 nitrogen and oxygen atoms in total. The highest BCUT2D eigenvalue weighted by Crippen LogP contribution is 2.35. The number of carboxylic acid groups (broad SMARTS) is 1. The summed E-state index contributed by atoms with van der Waals surface area (Å²) < 4.78 is 56.2. The summed E-state index contributed by atoms with van der Waals surface area (Å²) in [7, 11) is 0. The lowest BCUT2D eigenvalue weighted by molar-refractivity contribution is -0.140. The predicted molar refractivity (Wildman–Crippen MR) is 116 cm³/mol. The van der Waals surface area contributed by atoms with Gasteiger partial charge >= 0.3 is 12.1 Å². The number of rotatable bonds is 5. The summed E-state index contributed by atoms with van der Waals surface area (Å²) in [6, 6.07) is 5.72. The molecule has 13 heteroatoms. The molecular formula is C21H12ClF4N3O4S. The average molecular weight is 514 g/mol. The van der Waals surface area contributed by atoms with Gasteiger partial charge in [-0.15, -0.1) is 0 Å². The molecule has 0 bridgehead atoms. The monoisotopic (exact) mass is 513 g/mol. The first-order valence-corrected chi connectivity index (χ1v) is 10.6. The van der Waals surface area contributed by atoms with Crippen LogP contribution in [0.2, 0.25) is 5.02 Å². The molecular weight excluding hydrogens is 502 g/mol. The Kier molecular flexibility index (Phi) is 6.13. The van der Waals surface area contributed by atoms with E-state index in [1.54, 1.807) is 0 Å². The standard InChI is InChI=1S/C21H12ClF4N3O4S/c22-13-2-1-10(14(5-13)21(24,25)26)8-29-16-6-15(23)11(3-12(16)7-27-29)4-17-19(32)28(9-18(30)31)20(33)34-17/h1-7H,8-9H2,(H,30,31)/b17-4-. The number of nitrogens with zero attached hydrogens (tertiary/aromatic N) is 3. The molecule has 0 atom stereocenters. The number of amides is 2. The number of hydrogen-bond donors (Lipinski definition) is 1. The summed E-state index contributed by atoms with van der Waals surface area (Å²) in [6.45, 7) is -1.12. The van der Waals surface area contributed by atoms with Crippen molar-refractivity contribution in [3.05, 3.63) is 69.0 Å². The fourth-order valence-electron chi connectivity index (χ4n) is 3.38. The highest BCUT2D eigenvalue weighted by Gasteiger charge is 2.36. The normalized spacial score (nSPS) is 15.7. The third-order valence-corrected chi connectivity index (χ3v) is 6.05. The van der Waals surface area contributed by atoms with E-state index in [9.17, 15) is 31.9 Å². The molecule has 176 valence electrons. The molecule has 1 aliphatic heterocycles. The van der Waals surface area contributed by atoms with Crippen molar-refractivity contribution in [2.45, 2.75) is 12.7 Å². The van der Waals surface area contributed by atoms with Gasteiger partial charge in [-0.2, -0.15) is 18.3 Å². The fraction of sp³-hybridized carbons (Fsp3) is 0.143. The first-order valence-electron chi connectivity index (χ1n) is 9.42. The topological polar surface area (TPSA) is 92.5 Å². The molecule has 2 amide bonds. The van der Waals surface area contributed by atoms with Gasteiger partial charge in [0.15, 0.2) is 0 Å². The second-order valence-electron chi connectivity index (χ2n) is 7.20. The van der Waals surface area contributed by atoms with Crippen molar-refractivity contribution in [2.24, 2.45) is 0 Å². The van der Waals surface area contributed by atoms with E-state index in [0.29, 0.717) is 22.0 Å². The Morgan fingerprint density at radius 1 is 1.21 bits per heavy atom. The van der Waals surface area contributed by atoms with Crippen LogP contribution in [0.3, 0.4) is 0 Å². The summed E-state index contributed by atoms with van der Waals surface area (Å²) in [4.78, 5) is 35.4. The quantitative estimate of drug-likeness (QED) is 0.380. The van der Waals surface area contributed by atoms with Crippen LogP contribution in [0.4, 0.5) is 22.4 Å². The lowest BCUT2D eigenvalue weighted by Gasteiger charge is -2.14. The zero-order chi connectivity index (χ0) is 24.8. The summed E-state index contributed by atoms with van der Waals surface area (Å²) in [5.41, 5.74) is -0.914. The molecule has 0 spiro atoms. The molecule has 0 saturated carbocycles. The van der Waals surface area contributed by atoms with Gasteiger partial charge in [0.1, 0.15) is 12.4 Å². The number of imide groups is 1. The lowest BCUT2D eigenvalue weighted by Crippen LogP contribution is -2.33. The summed E-state index contributed by atoms with van der Waals surface area (Å²) in [6.07, 6.45) is -2.21. The van der Waals surface area contributed by atoms with Crippen LogP contribution in [-0.2, 0) is 22.3 Å². The van der Waals surface area contributed by atoms with Gasteiger partial charge in [0.2, 0.25) is 0 Å². The molecule has 2 aromatic carbocycles. The van der Waals surface area contributed by atoms with Crippen molar-refractivity contribution in [1.29, 1.82) is 0 Å². The van der Waals surface area contributed by atoms with E-state index in [4.69, 9.17) is 16.7 Å². The Morgan fingerprint density at radius 2 is 1.94 bits per heavy atom. The maximum Gasteiger partial charge on any atom is 0.416 e. The van der Waals surface area contributed by atoms with E-state index >= 15 is 0 Å². The Morgan fingerprint density at radius 3 is 2.62 bits per heavy atom. The van der Waals surface area contributed by atoms with Crippen LogP contribution in [0.1, 0.15) is 16.7 Å². The van der Waals surface area contributed by atoms with Crippen molar-refractivity contribution >= 4 is 57.5 Å². The van der Waals surface area contributed by atoms with Crippen LogP contribution in [-0.4, -0.2) is 43.4 Å². The maximum absolute atomic E-state index is 14.8. The Balaban J connectivity index is 1.67. The minimum Gasteiger partial charge on any atom is -0.480 e. The van der Waals surface area contributed by atoms with Gasteiger partial charge in [-0.1, -0.05) is 17.7 Å². The number of carboxylic acids is 1. The van der Waals surface area contributed by atoms with E-state index in [1.807, 2.05) is 0 Å². The molecule has 34 heavy (non-hydrogen) atoms. The largest absolute Gasteiger partial charge is 0.480 e. The Labute approximate surface area is 197 Å². The number of fused-ring (bicyclic) bond motifs is 1. The van der Waals surface area contributed by atoms with Crippen molar-refractivity contribution in [1.82, 2.24) is 14.7 Å². The average Bonchev–Trinajstić information content (AvgIpc) is 3.24. The third kappa shape index (κ3) is 4.64. The molecule has 1 aliphatic rings. The lowest BCUT2D eigenvalue weighted by atomic mass is 10.1. The van der Waals surface area contributed by atoms with Crippen LogP contribution in [0, 0.1) is 5.82 Å². The second-order valence-corrected chi connectivity index (χ2v) is 8.63. The zero-order valence-corrected chi connectivity index (χ0v) is 18.3. The molecule has 0 unspecified atom stereocenters. The molecule has 0 radical (unpaired) electrons. The highest BCUT2D eigenvalue weighted by molar-refractivity contribution is 8.18. The number of aliphatic carboxylic acids is 1. The van der Waals surface area contributed by atoms with E-state index in [1.165, 1.54) is 29.1 Å². The number of benzene rings is 2. The number of carbonyl (C=O) groups excluding carboxylic acids is 2. The van der Waals surface area contributed by atoms with E-state index in [-0.39, 0.29) is 33.1 Å². The van der Waals surface area contributed by atoms with Crippen LogP contribution < -0.4 is 0 Å². The number of halogens is 5. The SMILES string of the molecule is O=C(O)CN1C(=O)S/C(=C\c2cc3cnn(Cc4ccc(Cl)cc4C(F)(F)F)c3cc2F)C1=O. The van der Waals surface area contributed by atoms with Gasteiger partial charge < -0.3 is 5.11 Å². The molecule has 1 fully saturated rings. The smallest absolute Gasteiger partial charge is 0.416 e. The van der Waals surface area contributed by atoms with Crippen molar-refractivity contribution < 1.29 is 37.1 Å². The molecule has 2 heterocycles. The van der Waals surface area contributed by atoms with Gasteiger partial charge in [-0.05, 0) is 41.6 Å². The van der Waals surface area contributed by atoms with E-state index in [0.717, 1.165) is 18.2 Å². The van der Waals surface area contributed by atoms with Gasteiger partial charge in [-0.25, -0.2) is 4.39 Å². The van der Waals surface area contributed by atoms with Crippen LogP contribution in [0.15, 0.2) is 41.4 Å². The summed E-state index contributed by atoms with van der Waals surface area (Å²) in [5.74, 6) is -3.06. The molecule has 3 aromatic rings. The van der Waals surface area contributed by atoms with Crippen LogP contribution in [0.25, 0.3) is 17.0 Å². The number of thioether (sulfide) groups is 1. The fourth-order valence-corrected chi connectivity index (χ4v) is 4.38. The van der Waals surface area contributed by atoms with Gasteiger partial charge in [0.25, 0.3) is 11.1 Å². The van der Waals surface area contributed by atoms with Crippen LogP contribution >= 0.6 is 23.4 Å². The van der Waals surface area contributed by atoms with Gasteiger partial charge in [-0.3, -0.25) is 24.0 Å². The molecule has 0 aliphatic carbocycles. The first kappa shape index (κ1) is 23.8. The van der Waals surface area contributed by atoms with Gasteiger partial charge in [0.05, 0.1) is 28.7 Å². The summed E-state index contributed by atoms with van der Waals surface area (Å²) >= 11 is 6.18. The van der Waals surface area contributed by atoms with E-state index < -0.39 is 41.2 Å². The molecule has 1 aromatic heterocycles. The maximum atomic E-state index is 14.8. The van der Waals surface area contributed by atoms with Crippen LogP contribution in [0.5, 0.6) is 0 Å². The Hall–Kier alpha value is -3.38. The highest BCUT2D eigenvalue weighted by atomic mass is 35.5. The number of alkyl halides is 3. The van der Waals surface area contributed by atoms with E-state index in [2.05, 4.69) is 5.10 Å². The first-order chi connectivity index (χ1) is 15.9. The van der Waals surface area contributed by atoms with Crippen molar-refractivity contribution in [3.63, 3.8) is 0 Å². The zero-order valence-electron chi connectivity index (χ0n) is 16.8. The predicted octanol–water partition coefficient (Wildman–Crippen LogP) is 5.02. The minimum atomic E-state index is -4.65. The number of carbonyl (C=O) groups is 3. The molecule has 4 rings (SSSR count). The third-order valence-electron chi connectivity index (χ3n) is 4.91. The minimum absolute atomic E-state index is 0.0738. The molecule has 1 saturated heterocycles. The number of hydrogen-bond acceptors (Lipinski definition) is 5. The Bertz CT molecular complexity index is 1390. The number of aromatic nitrogens is 2. The van der Waals surface area contributed by atoms with Crippen molar-refractivity contribution in [2.75, 3.05) is 6.54 Å². The van der Waals surface area contributed by atoms with Gasteiger partial charge in [0, 0.05) is 22.0 Å². The summed E-state index contributed by atoms with van der Waals surface area (Å²) in [5, 5.41) is 12.4. The van der Waals surface area contributed by atoms with Crippen molar-refractivity contribution in [3.8, 4) is 0 Å².